The molecule has 0 spiro atoms. The monoisotopic (exact) mass is 345 g/mol. The molecular weight excluding hydrogens is 326 g/mol. The van der Waals surface area contributed by atoms with E-state index < -0.39 is 0 Å². The number of nitrogens with one attached hydrogen (secondary N) is 1. The zero-order valence-corrected chi connectivity index (χ0v) is 14.2. The van der Waals surface area contributed by atoms with Crippen molar-refractivity contribution in [3.63, 3.8) is 0 Å². The van der Waals surface area contributed by atoms with Crippen molar-refractivity contribution in [2.75, 3.05) is 6.54 Å². The molecule has 0 radical (unpaired) electrons. The van der Waals surface area contributed by atoms with Crippen molar-refractivity contribution in [1.29, 1.82) is 0 Å². The first-order chi connectivity index (χ1) is 12.8. The Hall–Kier alpha value is -3.21. The number of carbonyl (C=O) groups is 1. The zero-order valence-electron chi connectivity index (χ0n) is 14.2. The minimum atomic E-state index is -0.0895. The molecule has 5 nitrogen and oxygen atoms in total. The smallest absolute Gasteiger partial charge is 0.251 e. The molecule has 1 fully saturated rings. The SMILES string of the molecule is O=C(NCC1CC1c1ccccc1)c1cccc(Oc2cnccn2)c1. The van der Waals surface area contributed by atoms with Crippen LogP contribution in [-0.2, 0) is 0 Å². The highest BCUT2D eigenvalue weighted by atomic mass is 16.5. The van der Waals surface area contributed by atoms with Gasteiger partial charge in [0.15, 0.2) is 0 Å². The van der Waals surface area contributed by atoms with E-state index in [1.165, 1.54) is 11.8 Å². The molecule has 4 rings (SSSR count). The minimum Gasteiger partial charge on any atom is -0.437 e. The van der Waals surface area contributed by atoms with Crippen LogP contribution in [0.15, 0.2) is 73.2 Å². The number of hydrogen-bond donors (Lipinski definition) is 1. The highest BCUT2D eigenvalue weighted by molar-refractivity contribution is 5.94. The second-order valence-corrected chi connectivity index (χ2v) is 6.40. The van der Waals surface area contributed by atoms with Crippen LogP contribution in [0.25, 0.3) is 0 Å². The molecule has 0 bridgehead atoms. The summed E-state index contributed by atoms with van der Waals surface area (Å²) < 4.78 is 5.63. The van der Waals surface area contributed by atoms with Crippen LogP contribution >= 0.6 is 0 Å². The number of amides is 1. The van der Waals surface area contributed by atoms with Crippen LogP contribution in [0, 0.1) is 5.92 Å². The Morgan fingerprint density at radius 1 is 1.12 bits per heavy atom. The van der Waals surface area contributed by atoms with Crippen LogP contribution in [0.3, 0.4) is 0 Å². The van der Waals surface area contributed by atoms with Crippen LogP contribution in [0.4, 0.5) is 0 Å². The molecule has 1 saturated carbocycles. The summed E-state index contributed by atoms with van der Waals surface area (Å²) in [5.41, 5.74) is 1.93. The molecule has 0 saturated heterocycles. The van der Waals surface area contributed by atoms with Gasteiger partial charge in [-0.05, 0) is 42.0 Å². The quantitative estimate of drug-likeness (QED) is 0.738. The lowest BCUT2D eigenvalue weighted by Gasteiger charge is -2.08. The van der Waals surface area contributed by atoms with Crippen molar-refractivity contribution in [3.05, 3.63) is 84.3 Å². The van der Waals surface area contributed by atoms with E-state index in [1.54, 1.807) is 36.7 Å². The predicted molar refractivity (Wildman–Crippen MR) is 98.2 cm³/mol. The van der Waals surface area contributed by atoms with Crippen LogP contribution < -0.4 is 10.1 Å². The van der Waals surface area contributed by atoms with Gasteiger partial charge in [0.05, 0.1) is 6.20 Å². The van der Waals surface area contributed by atoms with Gasteiger partial charge in [-0.25, -0.2) is 4.98 Å². The lowest BCUT2D eigenvalue weighted by Crippen LogP contribution is -2.25. The third-order valence-electron chi connectivity index (χ3n) is 4.53. The van der Waals surface area contributed by atoms with E-state index in [9.17, 15) is 4.79 Å². The maximum absolute atomic E-state index is 12.4. The topological polar surface area (TPSA) is 64.1 Å². The lowest BCUT2D eigenvalue weighted by atomic mass is 10.1. The highest BCUT2D eigenvalue weighted by Crippen LogP contribution is 2.46. The largest absolute Gasteiger partial charge is 0.437 e. The number of ether oxygens (including phenoxy) is 1. The van der Waals surface area contributed by atoms with Gasteiger partial charge in [-0.3, -0.25) is 9.78 Å². The fourth-order valence-electron chi connectivity index (χ4n) is 3.07. The van der Waals surface area contributed by atoms with Crippen LogP contribution in [0.1, 0.15) is 28.3 Å². The molecule has 26 heavy (non-hydrogen) atoms. The van der Waals surface area contributed by atoms with Gasteiger partial charge in [-0.1, -0.05) is 36.4 Å². The lowest BCUT2D eigenvalue weighted by molar-refractivity contribution is 0.0951. The van der Waals surface area contributed by atoms with E-state index in [-0.39, 0.29) is 5.91 Å². The van der Waals surface area contributed by atoms with Crippen molar-refractivity contribution >= 4 is 5.91 Å². The first-order valence-electron chi connectivity index (χ1n) is 8.66. The Kier molecular flexibility index (Phi) is 4.60. The van der Waals surface area contributed by atoms with Gasteiger partial charge >= 0.3 is 0 Å². The first kappa shape index (κ1) is 16.3. The number of carbonyl (C=O) groups excluding carboxylic acids is 1. The predicted octanol–water partition coefficient (Wildman–Crippen LogP) is 3.80. The number of hydrogen-bond acceptors (Lipinski definition) is 4. The minimum absolute atomic E-state index is 0.0895. The van der Waals surface area contributed by atoms with Gasteiger partial charge in [0.2, 0.25) is 5.88 Å². The molecule has 2 atom stereocenters. The average Bonchev–Trinajstić information content (AvgIpc) is 3.48. The summed E-state index contributed by atoms with van der Waals surface area (Å²) in [6, 6.07) is 17.5. The van der Waals surface area contributed by atoms with Crippen molar-refractivity contribution in [3.8, 4) is 11.6 Å². The van der Waals surface area contributed by atoms with Crippen molar-refractivity contribution < 1.29 is 9.53 Å². The number of aromatic nitrogens is 2. The summed E-state index contributed by atoms with van der Waals surface area (Å²) in [5, 5.41) is 3.03. The van der Waals surface area contributed by atoms with E-state index in [4.69, 9.17) is 4.74 Å². The van der Waals surface area contributed by atoms with Crippen LogP contribution in [0.5, 0.6) is 11.6 Å². The molecule has 2 unspecified atom stereocenters. The van der Waals surface area contributed by atoms with Crippen molar-refractivity contribution in [1.82, 2.24) is 15.3 Å². The molecule has 1 N–H and O–H groups in total. The van der Waals surface area contributed by atoms with E-state index in [1.807, 2.05) is 6.07 Å². The van der Waals surface area contributed by atoms with E-state index in [0.29, 0.717) is 35.6 Å². The van der Waals surface area contributed by atoms with Crippen molar-refractivity contribution in [2.24, 2.45) is 5.92 Å². The molecule has 1 heterocycles. The van der Waals surface area contributed by atoms with E-state index >= 15 is 0 Å². The molecule has 1 aliphatic rings. The average molecular weight is 345 g/mol. The molecule has 2 aromatic carbocycles. The molecular formula is C21H19N3O2. The second-order valence-electron chi connectivity index (χ2n) is 6.40. The van der Waals surface area contributed by atoms with Gasteiger partial charge in [0.1, 0.15) is 5.75 Å². The van der Waals surface area contributed by atoms with Gasteiger partial charge in [-0.15, -0.1) is 0 Å². The standard InChI is InChI=1S/C21H19N3O2/c25-21(24-13-17-12-19(17)15-5-2-1-3-6-15)16-7-4-8-18(11-16)26-20-14-22-9-10-23-20/h1-11,14,17,19H,12-13H2,(H,24,25). The number of nitrogens with zero attached hydrogens (tertiary/aromatic N) is 2. The molecule has 3 aromatic rings. The third kappa shape index (κ3) is 3.88. The van der Waals surface area contributed by atoms with Gasteiger partial charge in [0, 0.05) is 24.5 Å². The summed E-state index contributed by atoms with van der Waals surface area (Å²) in [7, 11) is 0. The number of benzene rings is 2. The second kappa shape index (κ2) is 7.35. The summed E-state index contributed by atoms with van der Waals surface area (Å²) in [6.07, 6.45) is 5.80. The molecule has 130 valence electrons. The Morgan fingerprint density at radius 2 is 2.00 bits per heavy atom. The van der Waals surface area contributed by atoms with Crippen LogP contribution in [-0.4, -0.2) is 22.4 Å². The Bertz CT molecular complexity index is 884. The molecule has 1 aliphatic carbocycles. The summed E-state index contributed by atoms with van der Waals surface area (Å²) >= 11 is 0. The molecule has 1 amide bonds. The first-order valence-corrected chi connectivity index (χ1v) is 8.66. The normalized spacial score (nSPS) is 18.2. The Labute approximate surface area is 152 Å². The molecule has 5 heteroatoms. The summed E-state index contributed by atoms with van der Waals surface area (Å²) in [6.45, 7) is 0.688. The van der Waals surface area contributed by atoms with Gasteiger partial charge in [0.25, 0.3) is 5.91 Å². The fraction of sp³-hybridized carbons (Fsp3) is 0.190. The van der Waals surface area contributed by atoms with Gasteiger partial charge < -0.3 is 10.1 Å². The fourth-order valence-corrected chi connectivity index (χ4v) is 3.07. The summed E-state index contributed by atoms with van der Waals surface area (Å²) in [5.74, 6) is 1.94. The maximum atomic E-state index is 12.4. The van der Waals surface area contributed by atoms with Gasteiger partial charge in [-0.2, -0.15) is 0 Å². The maximum Gasteiger partial charge on any atom is 0.251 e. The highest BCUT2D eigenvalue weighted by Gasteiger charge is 2.38. The van der Waals surface area contributed by atoms with E-state index in [2.05, 4.69) is 39.6 Å². The zero-order chi connectivity index (χ0) is 17.8. The Morgan fingerprint density at radius 3 is 2.81 bits per heavy atom. The Balaban J connectivity index is 1.33. The van der Waals surface area contributed by atoms with Crippen molar-refractivity contribution in [2.45, 2.75) is 12.3 Å². The number of rotatable bonds is 6. The molecule has 1 aromatic heterocycles. The van der Waals surface area contributed by atoms with Crippen LogP contribution in [0.2, 0.25) is 0 Å². The van der Waals surface area contributed by atoms with E-state index in [0.717, 1.165) is 6.42 Å². The summed E-state index contributed by atoms with van der Waals surface area (Å²) in [4.78, 5) is 20.5. The third-order valence-corrected chi connectivity index (χ3v) is 4.53. The molecule has 0 aliphatic heterocycles.